The van der Waals surface area contributed by atoms with E-state index in [1.54, 1.807) is 12.1 Å². The molecule has 2 atom stereocenters. The number of nitrogens with one attached hydrogen (secondary N) is 2. The standard InChI is InChI=1S/C24H20FN5OS/c1-15-7-9-16(10-8-15)20-21(23(31)26-19-13-11-18(25)12-14-19)32-24-28-27-22(30(24)29-20)17-5-3-2-4-6-17/h2-14,20-21,29H,1H3,(H,26,31). The summed E-state index contributed by atoms with van der Waals surface area (Å²) in [5.74, 6) is 0.133. The summed E-state index contributed by atoms with van der Waals surface area (Å²) in [6, 6.07) is 23.3. The first-order chi connectivity index (χ1) is 15.6. The minimum Gasteiger partial charge on any atom is -0.325 e. The molecule has 32 heavy (non-hydrogen) atoms. The SMILES string of the molecule is Cc1ccc(C2Nn3c(nnc3-c3ccccc3)SC2C(=O)Nc2ccc(F)cc2)cc1. The van der Waals surface area contributed by atoms with Gasteiger partial charge in [-0.1, -0.05) is 71.9 Å². The van der Waals surface area contributed by atoms with Crippen LogP contribution >= 0.6 is 11.8 Å². The van der Waals surface area contributed by atoms with Crippen LogP contribution in [-0.2, 0) is 4.79 Å². The first-order valence-electron chi connectivity index (χ1n) is 10.2. The number of amides is 1. The number of hydrogen-bond donors (Lipinski definition) is 2. The Kier molecular flexibility index (Phi) is 5.36. The largest absolute Gasteiger partial charge is 0.325 e. The highest BCUT2D eigenvalue weighted by atomic mass is 32.2. The molecule has 1 aliphatic heterocycles. The molecular formula is C24H20FN5OS. The number of anilines is 1. The molecule has 2 unspecified atom stereocenters. The molecule has 6 nitrogen and oxygen atoms in total. The van der Waals surface area contributed by atoms with Gasteiger partial charge in [0, 0.05) is 11.3 Å². The fraction of sp³-hybridized carbons (Fsp3) is 0.125. The number of benzene rings is 3. The van der Waals surface area contributed by atoms with Gasteiger partial charge in [-0.2, -0.15) is 0 Å². The number of carbonyl (C=O) groups is 1. The Bertz CT molecular complexity index is 1240. The Morgan fingerprint density at radius 1 is 1.00 bits per heavy atom. The van der Waals surface area contributed by atoms with Gasteiger partial charge >= 0.3 is 0 Å². The Morgan fingerprint density at radius 3 is 2.44 bits per heavy atom. The van der Waals surface area contributed by atoms with Crippen LogP contribution in [0.5, 0.6) is 0 Å². The van der Waals surface area contributed by atoms with Crippen molar-refractivity contribution in [2.24, 2.45) is 0 Å². The van der Waals surface area contributed by atoms with Gasteiger partial charge in [0.15, 0.2) is 5.82 Å². The lowest BCUT2D eigenvalue weighted by Crippen LogP contribution is -2.41. The number of thioether (sulfide) groups is 1. The van der Waals surface area contributed by atoms with Crippen LogP contribution in [0.4, 0.5) is 10.1 Å². The fourth-order valence-corrected chi connectivity index (χ4v) is 4.68. The maximum atomic E-state index is 13.3. The van der Waals surface area contributed by atoms with Crippen LogP contribution in [0.25, 0.3) is 11.4 Å². The molecule has 2 heterocycles. The molecule has 2 N–H and O–H groups in total. The van der Waals surface area contributed by atoms with Crippen LogP contribution in [0.3, 0.4) is 0 Å². The molecule has 0 aliphatic carbocycles. The number of halogens is 1. The summed E-state index contributed by atoms with van der Waals surface area (Å²) >= 11 is 1.35. The molecule has 160 valence electrons. The van der Waals surface area contributed by atoms with Crippen molar-refractivity contribution < 1.29 is 9.18 Å². The molecule has 1 aliphatic rings. The number of aromatic nitrogens is 3. The van der Waals surface area contributed by atoms with Gasteiger partial charge in [0.05, 0.1) is 6.04 Å². The van der Waals surface area contributed by atoms with E-state index in [9.17, 15) is 9.18 Å². The van der Waals surface area contributed by atoms with Crippen molar-refractivity contribution in [2.45, 2.75) is 23.4 Å². The summed E-state index contributed by atoms with van der Waals surface area (Å²) in [5, 5.41) is 11.7. The van der Waals surface area contributed by atoms with Crippen LogP contribution in [0.2, 0.25) is 0 Å². The second-order valence-corrected chi connectivity index (χ2v) is 8.67. The van der Waals surface area contributed by atoms with Gasteiger partial charge < -0.3 is 10.7 Å². The average molecular weight is 446 g/mol. The predicted octanol–water partition coefficient (Wildman–Crippen LogP) is 4.79. The van der Waals surface area contributed by atoms with Gasteiger partial charge in [-0.05, 0) is 36.8 Å². The minimum absolute atomic E-state index is 0.199. The molecule has 0 bridgehead atoms. The van der Waals surface area contributed by atoms with Crippen molar-refractivity contribution >= 4 is 23.4 Å². The summed E-state index contributed by atoms with van der Waals surface area (Å²) in [4.78, 5) is 13.3. The Balaban J connectivity index is 1.50. The fourth-order valence-electron chi connectivity index (χ4n) is 3.60. The van der Waals surface area contributed by atoms with Crippen molar-refractivity contribution in [3.63, 3.8) is 0 Å². The topological polar surface area (TPSA) is 71.8 Å². The number of carbonyl (C=O) groups excluding carboxylic acids is 1. The summed E-state index contributed by atoms with van der Waals surface area (Å²) in [6.45, 7) is 2.02. The Hall–Kier alpha value is -3.65. The summed E-state index contributed by atoms with van der Waals surface area (Å²) < 4.78 is 15.1. The van der Waals surface area contributed by atoms with Gasteiger partial charge in [-0.15, -0.1) is 10.2 Å². The third kappa shape index (κ3) is 3.97. The summed E-state index contributed by atoms with van der Waals surface area (Å²) in [7, 11) is 0. The van der Waals surface area contributed by atoms with Gasteiger partial charge in [0.1, 0.15) is 11.1 Å². The van der Waals surface area contributed by atoms with E-state index in [1.165, 1.54) is 23.9 Å². The average Bonchev–Trinajstić information content (AvgIpc) is 3.24. The van der Waals surface area contributed by atoms with E-state index in [4.69, 9.17) is 0 Å². The number of fused-ring (bicyclic) bond motifs is 1. The minimum atomic E-state index is -0.511. The van der Waals surface area contributed by atoms with Crippen LogP contribution in [0, 0.1) is 12.7 Å². The van der Waals surface area contributed by atoms with Gasteiger partial charge in [0.25, 0.3) is 0 Å². The lowest BCUT2D eigenvalue weighted by molar-refractivity contribution is -0.116. The Labute approximate surface area is 188 Å². The number of rotatable bonds is 4. The molecular weight excluding hydrogens is 425 g/mol. The Morgan fingerprint density at radius 2 is 1.72 bits per heavy atom. The zero-order valence-corrected chi connectivity index (χ0v) is 18.0. The highest BCUT2D eigenvalue weighted by Gasteiger charge is 2.38. The zero-order valence-electron chi connectivity index (χ0n) is 17.2. The maximum absolute atomic E-state index is 13.3. The third-order valence-corrected chi connectivity index (χ3v) is 6.49. The van der Waals surface area contributed by atoms with Crippen LogP contribution < -0.4 is 10.7 Å². The van der Waals surface area contributed by atoms with E-state index in [0.717, 1.165) is 16.7 Å². The molecule has 0 fully saturated rings. The number of hydrogen-bond acceptors (Lipinski definition) is 5. The van der Waals surface area contributed by atoms with E-state index in [2.05, 4.69) is 20.9 Å². The zero-order chi connectivity index (χ0) is 22.1. The van der Waals surface area contributed by atoms with E-state index < -0.39 is 5.25 Å². The van der Waals surface area contributed by atoms with E-state index in [1.807, 2.05) is 66.2 Å². The number of aryl methyl sites for hydroxylation is 1. The van der Waals surface area contributed by atoms with Crippen molar-refractivity contribution in [3.05, 3.63) is 95.8 Å². The van der Waals surface area contributed by atoms with Gasteiger partial charge in [-0.25, -0.2) is 9.07 Å². The van der Waals surface area contributed by atoms with E-state index >= 15 is 0 Å². The van der Waals surface area contributed by atoms with E-state index in [0.29, 0.717) is 16.7 Å². The highest BCUT2D eigenvalue weighted by Crippen LogP contribution is 2.39. The van der Waals surface area contributed by atoms with Gasteiger partial charge in [0.2, 0.25) is 11.1 Å². The molecule has 1 amide bonds. The van der Waals surface area contributed by atoms with Crippen molar-refractivity contribution in [3.8, 4) is 11.4 Å². The first kappa shape index (κ1) is 20.3. The van der Waals surface area contributed by atoms with Gasteiger partial charge in [-0.3, -0.25) is 4.79 Å². The normalized spacial score (nSPS) is 17.3. The van der Waals surface area contributed by atoms with E-state index in [-0.39, 0.29) is 17.8 Å². The maximum Gasteiger partial charge on any atom is 0.240 e. The third-order valence-electron chi connectivity index (χ3n) is 5.28. The van der Waals surface area contributed by atoms with Crippen LogP contribution in [-0.4, -0.2) is 26.0 Å². The molecule has 5 rings (SSSR count). The lowest BCUT2D eigenvalue weighted by atomic mass is 10.0. The molecule has 1 aromatic heterocycles. The molecule has 0 saturated carbocycles. The molecule has 3 aromatic carbocycles. The van der Waals surface area contributed by atoms with Crippen molar-refractivity contribution in [1.82, 2.24) is 14.9 Å². The van der Waals surface area contributed by atoms with Crippen molar-refractivity contribution in [2.75, 3.05) is 10.7 Å². The van der Waals surface area contributed by atoms with Crippen LogP contribution in [0.15, 0.2) is 84.0 Å². The molecule has 0 radical (unpaired) electrons. The monoisotopic (exact) mass is 445 g/mol. The molecule has 0 saturated heterocycles. The first-order valence-corrected chi connectivity index (χ1v) is 11.0. The van der Waals surface area contributed by atoms with Crippen molar-refractivity contribution in [1.29, 1.82) is 0 Å². The second kappa shape index (κ2) is 8.47. The lowest BCUT2D eigenvalue weighted by Gasteiger charge is -2.33. The summed E-state index contributed by atoms with van der Waals surface area (Å²) in [5.41, 5.74) is 7.03. The van der Waals surface area contributed by atoms with Crippen LogP contribution in [0.1, 0.15) is 17.2 Å². The number of nitrogens with zero attached hydrogens (tertiary/aromatic N) is 3. The summed E-state index contributed by atoms with van der Waals surface area (Å²) in [6.07, 6.45) is 0. The molecule has 4 aromatic rings. The highest BCUT2D eigenvalue weighted by molar-refractivity contribution is 8.00. The molecule has 8 heteroatoms. The smallest absolute Gasteiger partial charge is 0.240 e. The quantitative estimate of drug-likeness (QED) is 0.473. The second-order valence-electron chi connectivity index (χ2n) is 7.56. The predicted molar refractivity (Wildman–Crippen MR) is 123 cm³/mol. The molecule has 0 spiro atoms.